The van der Waals surface area contributed by atoms with Crippen molar-refractivity contribution in [2.24, 2.45) is 22.6 Å². The van der Waals surface area contributed by atoms with Gasteiger partial charge in [-0.15, -0.1) is 5.10 Å². The molecule has 1 aliphatic carbocycles. The van der Waals surface area contributed by atoms with E-state index in [4.69, 9.17) is 23.2 Å². The maximum absolute atomic E-state index is 13.9. The Morgan fingerprint density at radius 3 is 2.57 bits per heavy atom. The summed E-state index contributed by atoms with van der Waals surface area (Å²) in [6.45, 7) is 0. The van der Waals surface area contributed by atoms with Crippen LogP contribution in [0.4, 0.5) is 14.6 Å². The molecule has 8 nitrogen and oxygen atoms in total. The minimum Gasteiger partial charge on any atom is -0.382 e. The third-order valence-corrected chi connectivity index (χ3v) is 5.09. The number of halogens is 3. The number of hydrogen-bond donors (Lipinski definition) is 3. The number of carbonyl (C=O) groups is 1. The van der Waals surface area contributed by atoms with Gasteiger partial charge in [-0.25, -0.2) is 29.7 Å². The molecular weight excluding hydrogens is 416 g/mol. The standard InChI is InChI=1S/C19H22ClF2N7O/c1-29(24)28-17(23)12-4-2-11(3-5-12)16(13-6-7-19(21,22)8-13)18(30)27-15-10-25-14(20)9-26-15/h2-5,9-10,13,16H,6-8,24H2,1H3,(H2,23,28)(H,26,27,30). The van der Waals surface area contributed by atoms with Crippen LogP contribution >= 0.6 is 11.6 Å². The minimum absolute atomic E-state index is 0.179. The van der Waals surface area contributed by atoms with Crippen molar-refractivity contribution in [3.8, 4) is 0 Å². The largest absolute Gasteiger partial charge is 0.382 e. The molecule has 5 N–H and O–H groups in total. The number of aromatic nitrogens is 2. The van der Waals surface area contributed by atoms with E-state index in [1.165, 1.54) is 19.4 Å². The monoisotopic (exact) mass is 437 g/mol. The highest BCUT2D eigenvalue weighted by Gasteiger charge is 2.45. The van der Waals surface area contributed by atoms with E-state index >= 15 is 0 Å². The van der Waals surface area contributed by atoms with Crippen LogP contribution in [0.15, 0.2) is 41.8 Å². The fraction of sp³-hybridized carbons (Fsp3) is 0.368. The van der Waals surface area contributed by atoms with Crippen molar-refractivity contribution in [3.63, 3.8) is 0 Å². The van der Waals surface area contributed by atoms with E-state index in [9.17, 15) is 13.6 Å². The molecule has 1 amide bonds. The van der Waals surface area contributed by atoms with Gasteiger partial charge >= 0.3 is 0 Å². The molecule has 0 bridgehead atoms. The smallest absolute Gasteiger partial charge is 0.248 e. The number of hydrazine groups is 1. The van der Waals surface area contributed by atoms with Gasteiger partial charge < -0.3 is 11.1 Å². The van der Waals surface area contributed by atoms with Crippen molar-refractivity contribution >= 4 is 29.2 Å². The number of rotatable bonds is 6. The van der Waals surface area contributed by atoms with E-state index < -0.39 is 23.7 Å². The zero-order chi connectivity index (χ0) is 21.9. The molecule has 0 aliphatic heterocycles. The molecular formula is C19H22ClF2N7O. The first-order chi connectivity index (χ1) is 14.1. The van der Waals surface area contributed by atoms with Gasteiger partial charge in [0.2, 0.25) is 11.8 Å². The van der Waals surface area contributed by atoms with E-state index in [2.05, 4.69) is 20.4 Å². The van der Waals surface area contributed by atoms with Gasteiger partial charge in [-0.05, 0) is 17.9 Å². The molecule has 0 radical (unpaired) electrons. The Balaban J connectivity index is 1.87. The van der Waals surface area contributed by atoms with Crippen LogP contribution in [0.1, 0.15) is 36.3 Å². The number of nitrogens with one attached hydrogen (secondary N) is 1. The molecule has 1 aromatic heterocycles. The van der Waals surface area contributed by atoms with E-state index in [-0.39, 0.29) is 36.1 Å². The summed E-state index contributed by atoms with van der Waals surface area (Å²) in [4.78, 5) is 20.9. The van der Waals surface area contributed by atoms with Crippen LogP contribution in [0.25, 0.3) is 0 Å². The molecule has 30 heavy (non-hydrogen) atoms. The number of amides is 1. The van der Waals surface area contributed by atoms with Gasteiger partial charge in [0.25, 0.3) is 0 Å². The predicted molar refractivity (Wildman–Crippen MR) is 110 cm³/mol. The van der Waals surface area contributed by atoms with Crippen LogP contribution in [0.3, 0.4) is 0 Å². The summed E-state index contributed by atoms with van der Waals surface area (Å²) in [6.07, 6.45) is 2.23. The minimum atomic E-state index is -2.79. The summed E-state index contributed by atoms with van der Waals surface area (Å²) in [5.41, 5.74) is 7.06. The Labute approximate surface area is 177 Å². The Morgan fingerprint density at radius 1 is 1.33 bits per heavy atom. The van der Waals surface area contributed by atoms with Gasteiger partial charge in [-0.2, -0.15) is 0 Å². The third kappa shape index (κ3) is 5.39. The molecule has 1 aromatic carbocycles. The zero-order valence-electron chi connectivity index (χ0n) is 16.2. The molecule has 160 valence electrons. The van der Waals surface area contributed by atoms with Crippen LogP contribution in [-0.4, -0.2) is 39.8 Å². The second kappa shape index (κ2) is 8.88. The number of hydrazone groups is 1. The number of carbonyl (C=O) groups excluding carboxylic acids is 1. The molecule has 1 fully saturated rings. The number of alkyl halides is 2. The lowest BCUT2D eigenvalue weighted by atomic mass is 9.83. The highest BCUT2D eigenvalue weighted by atomic mass is 35.5. The van der Waals surface area contributed by atoms with Gasteiger partial charge in [-0.3, -0.25) is 4.79 Å². The molecule has 1 heterocycles. The molecule has 2 aromatic rings. The summed E-state index contributed by atoms with van der Waals surface area (Å²) in [6, 6.07) is 6.71. The van der Waals surface area contributed by atoms with Gasteiger partial charge in [0.1, 0.15) is 5.15 Å². The first-order valence-electron chi connectivity index (χ1n) is 9.24. The topological polar surface area (TPSA) is 123 Å². The summed E-state index contributed by atoms with van der Waals surface area (Å²) in [7, 11) is 1.53. The normalized spacial score (nSPS) is 19.4. The average Bonchev–Trinajstić information content (AvgIpc) is 3.03. The summed E-state index contributed by atoms with van der Waals surface area (Å²) in [5, 5.41) is 7.82. The highest BCUT2D eigenvalue weighted by Crippen LogP contribution is 2.45. The van der Waals surface area contributed by atoms with Crippen LogP contribution in [0, 0.1) is 5.92 Å². The number of amidine groups is 1. The number of anilines is 1. The van der Waals surface area contributed by atoms with Crippen LogP contribution in [0.5, 0.6) is 0 Å². The third-order valence-electron chi connectivity index (χ3n) is 4.90. The molecule has 1 saturated carbocycles. The predicted octanol–water partition coefficient (Wildman–Crippen LogP) is 2.71. The maximum atomic E-state index is 13.9. The molecule has 3 rings (SSSR count). The van der Waals surface area contributed by atoms with Crippen LogP contribution in [-0.2, 0) is 4.79 Å². The van der Waals surface area contributed by atoms with Gasteiger partial charge in [0.15, 0.2) is 11.7 Å². The van der Waals surface area contributed by atoms with E-state index in [0.29, 0.717) is 11.1 Å². The average molecular weight is 438 g/mol. The number of hydrogen-bond acceptors (Lipinski definition) is 6. The second-order valence-electron chi connectivity index (χ2n) is 7.23. The highest BCUT2D eigenvalue weighted by molar-refractivity contribution is 6.29. The van der Waals surface area contributed by atoms with Crippen molar-refractivity contribution in [1.82, 2.24) is 15.1 Å². The van der Waals surface area contributed by atoms with Crippen molar-refractivity contribution in [2.45, 2.75) is 31.1 Å². The summed E-state index contributed by atoms with van der Waals surface area (Å²) >= 11 is 5.71. The summed E-state index contributed by atoms with van der Waals surface area (Å²) in [5.74, 6) is 1.31. The fourth-order valence-electron chi connectivity index (χ4n) is 3.58. The molecule has 11 heteroatoms. The molecule has 1 aliphatic rings. The number of nitrogens with zero attached hydrogens (tertiary/aromatic N) is 4. The molecule has 0 saturated heterocycles. The van der Waals surface area contributed by atoms with Gasteiger partial charge in [0.05, 0.1) is 18.3 Å². The lowest BCUT2D eigenvalue weighted by molar-refractivity contribution is -0.118. The number of nitrogens with two attached hydrogens (primary N) is 2. The number of benzene rings is 1. The molecule has 2 unspecified atom stereocenters. The first-order valence-corrected chi connectivity index (χ1v) is 9.61. The van der Waals surface area contributed by atoms with Crippen LogP contribution < -0.4 is 16.9 Å². The van der Waals surface area contributed by atoms with Gasteiger partial charge in [-0.1, -0.05) is 35.9 Å². The van der Waals surface area contributed by atoms with Crippen molar-refractivity contribution < 1.29 is 13.6 Å². The van der Waals surface area contributed by atoms with E-state index in [1.807, 2.05) is 0 Å². The quantitative estimate of drug-likeness (QED) is 0.276. The molecule has 2 atom stereocenters. The van der Waals surface area contributed by atoms with Crippen molar-refractivity contribution in [2.75, 3.05) is 12.4 Å². The molecule has 0 spiro atoms. The lowest BCUT2D eigenvalue weighted by Gasteiger charge is -2.23. The Bertz CT molecular complexity index is 919. The maximum Gasteiger partial charge on any atom is 0.248 e. The Kier molecular flexibility index (Phi) is 6.47. The zero-order valence-corrected chi connectivity index (χ0v) is 17.0. The van der Waals surface area contributed by atoms with Crippen molar-refractivity contribution in [3.05, 3.63) is 52.9 Å². The van der Waals surface area contributed by atoms with Crippen molar-refractivity contribution in [1.29, 1.82) is 0 Å². The SMILES string of the molecule is CN(N)/N=C(\N)c1ccc(C(C(=O)Nc2cnc(Cl)cn2)C2CCC(F)(F)C2)cc1. The first kappa shape index (κ1) is 21.8. The van der Waals surface area contributed by atoms with Crippen LogP contribution in [0.2, 0.25) is 5.15 Å². The fourth-order valence-corrected chi connectivity index (χ4v) is 3.67. The van der Waals surface area contributed by atoms with E-state index in [1.54, 1.807) is 24.3 Å². The second-order valence-corrected chi connectivity index (χ2v) is 7.62. The van der Waals surface area contributed by atoms with Gasteiger partial charge in [0, 0.05) is 25.5 Å². The lowest BCUT2D eigenvalue weighted by Crippen LogP contribution is -2.28. The Hall–Kier alpha value is -2.85. The van der Waals surface area contributed by atoms with E-state index in [0.717, 1.165) is 5.12 Å². The summed E-state index contributed by atoms with van der Waals surface area (Å²) < 4.78 is 27.8. The Morgan fingerprint density at radius 2 is 2.03 bits per heavy atom.